The van der Waals surface area contributed by atoms with Gasteiger partial charge < -0.3 is 11.5 Å². The number of nitrogens with one attached hydrogen (secondary N) is 1. The van der Waals surface area contributed by atoms with E-state index >= 15 is 0 Å². The summed E-state index contributed by atoms with van der Waals surface area (Å²) in [4.78, 5) is 14.6. The Bertz CT molecular complexity index is 687. The summed E-state index contributed by atoms with van der Waals surface area (Å²) in [5.41, 5.74) is 0.167. The molecule has 0 spiro atoms. The van der Waals surface area contributed by atoms with Crippen molar-refractivity contribution in [3.05, 3.63) is 23.8 Å². The van der Waals surface area contributed by atoms with Crippen molar-refractivity contribution < 1.29 is 48.9 Å². The molecule has 1 aliphatic rings. The maximum atomic E-state index is 12.4. The molecule has 1 aliphatic heterocycles. The number of nitrogens with two attached hydrogens (primary N) is 1. The quantitative estimate of drug-likeness (QED) is 0.551. The van der Waals surface area contributed by atoms with Crippen LogP contribution in [0.2, 0.25) is 0 Å². The summed E-state index contributed by atoms with van der Waals surface area (Å²) in [6, 6.07) is 4.32. The van der Waals surface area contributed by atoms with E-state index in [9.17, 15) is 13.2 Å². The van der Waals surface area contributed by atoms with Crippen LogP contribution in [0.1, 0.15) is 31.6 Å². The molecule has 1 heterocycles. The van der Waals surface area contributed by atoms with Crippen molar-refractivity contribution in [1.82, 2.24) is 10.2 Å². The zero-order valence-corrected chi connectivity index (χ0v) is 17.2. The second-order valence-electron chi connectivity index (χ2n) is 5.54. The number of nitrogens with zero attached hydrogens (tertiary/aromatic N) is 1. The van der Waals surface area contributed by atoms with Crippen LogP contribution in [0.25, 0.3) is 0 Å². The van der Waals surface area contributed by atoms with Gasteiger partial charge in [0.2, 0.25) is 10.0 Å². The number of ether oxygens (including phenoxy) is 1. The van der Waals surface area contributed by atoms with Gasteiger partial charge in [0, 0.05) is 12.6 Å². The van der Waals surface area contributed by atoms with Crippen LogP contribution in [0.5, 0.6) is 5.75 Å². The minimum Gasteiger partial charge on any atom is -1.00 e. The minimum absolute atomic E-state index is 0. The van der Waals surface area contributed by atoms with E-state index in [0.717, 1.165) is 25.9 Å². The molecule has 1 amide bonds. The molecule has 0 aliphatic carbocycles. The normalized spacial score (nSPS) is 18.0. The molecule has 1 atom stereocenters. The monoisotopic (exact) mass is 365 g/mol. The number of likely N-dealkylation sites (N-methyl/N-ethyl adjacent to an activating group) is 1. The van der Waals surface area contributed by atoms with Crippen LogP contribution in [0.15, 0.2) is 23.1 Å². The van der Waals surface area contributed by atoms with Crippen LogP contribution in [-0.2, 0) is 10.0 Å². The molecule has 0 aromatic heterocycles. The number of rotatable bonds is 6. The first kappa shape index (κ1) is 21.4. The number of carbonyl (C=O) groups excluding carboxylic acids is 1. The Kier molecular flexibility index (Phi) is 8.17. The number of primary sulfonamides is 1. The van der Waals surface area contributed by atoms with E-state index in [0.29, 0.717) is 18.3 Å². The zero-order valence-electron chi connectivity index (χ0n) is 15.4. The summed E-state index contributed by atoms with van der Waals surface area (Å²) in [5.74, 6) is -0.0519. The number of amides is 1. The molecule has 7 nitrogen and oxygen atoms in total. The summed E-state index contributed by atoms with van der Waals surface area (Å²) >= 11 is 0. The third-order valence-corrected chi connectivity index (χ3v) is 5.06. The van der Waals surface area contributed by atoms with Gasteiger partial charge in [-0.2, -0.15) is 0 Å². The molecule has 1 saturated heterocycles. The summed E-state index contributed by atoms with van der Waals surface area (Å²) < 4.78 is 28.1. The molecule has 1 aromatic rings. The zero-order chi connectivity index (χ0) is 17.0. The van der Waals surface area contributed by atoms with E-state index in [2.05, 4.69) is 17.1 Å². The molecule has 0 radical (unpaired) electrons. The van der Waals surface area contributed by atoms with E-state index in [-0.39, 0.29) is 47.4 Å². The SMILES string of the molecule is CCN1CCCC1CNC(=O)c1cc(S(N)(=O)=O)ccc1OC.[H-].[Na+]. The Labute approximate surface area is 166 Å². The van der Waals surface area contributed by atoms with Crippen LogP contribution >= 0.6 is 0 Å². The molecule has 24 heavy (non-hydrogen) atoms. The number of carbonyl (C=O) groups is 1. The van der Waals surface area contributed by atoms with Gasteiger partial charge in [-0.15, -0.1) is 0 Å². The first-order valence-corrected chi connectivity index (χ1v) is 9.14. The maximum absolute atomic E-state index is 12.4. The molecular weight excluding hydrogens is 341 g/mol. The van der Waals surface area contributed by atoms with E-state index < -0.39 is 10.0 Å². The molecule has 1 fully saturated rings. The van der Waals surface area contributed by atoms with Crippen LogP contribution in [-0.4, -0.2) is 52.0 Å². The van der Waals surface area contributed by atoms with Crippen molar-refractivity contribution in [1.29, 1.82) is 0 Å². The van der Waals surface area contributed by atoms with Crippen molar-refractivity contribution >= 4 is 15.9 Å². The molecule has 1 aromatic carbocycles. The molecule has 1 unspecified atom stereocenters. The molecule has 9 heteroatoms. The molecule has 130 valence electrons. The van der Waals surface area contributed by atoms with Gasteiger partial charge in [0.1, 0.15) is 5.75 Å². The Hall–Kier alpha value is -0.640. The van der Waals surface area contributed by atoms with Crippen LogP contribution in [0.4, 0.5) is 0 Å². The minimum atomic E-state index is -3.87. The molecule has 2 rings (SSSR count). The average Bonchev–Trinajstić information content (AvgIpc) is 2.98. The van der Waals surface area contributed by atoms with E-state index in [1.807, 2.05) is 0 Å². The third-order valence-electron chi connectivity index (χ3n) is 4.15. The second kappa shape index (κ2) is 9.17. The number of sulfonamides is 1. The summed E-state index contributed by atoms with van der Waals surface area (Å²) in [6.45, 7) is 4.61. The van der Waals surface area contributed by atoms with Gasteiger partial charge in [0.05, 0.1) is 17.6 Å². The van der Waals surface area contributed by atoms with Gasteiger partial charge in [0.15, 0.2) is 0 Å². The Morgan fingerprint density at radius 2 is 2.21 bits per heavy atom. The summed E-state index contributed by atoms with van der Waals surface area (Å²) in [6.07, 6.45) is 2.17. The fourth-order valence-corrected chi connectivity index (χ4v) is 3.43. The molecule has 0 saturated carbocycles. The first-order valence-electron chi connectivity index (χ1n) is 7.60. The van der Waals surface area contributed by atoms with E-state index in [1.54, 1.807) is 0 Å². The van der Waals surface area contributed by atoms with Crippen molar-refractivity contribution in [2.45, 2.75) is 30.7 Å². The Balaban J connectivity index is 0.00000288. The van der Waals surface area contributed by atoms with Crippen LogP contribution < -0.4 is 44.7 Å². The predicted octanol–water partition coefficient (Wildman–Crippen LogP) is -2.33. The van der Waals surface area contributed by atoms with Gasteiger partial charge in [-0.1, -0.05) is 6.92 Å². The second-order valence-corrected chi connectivity index (χ2v) is 7.10. The largest absolute Gasteiger partial charge is 1.00 e. The maximum Gasteiger partial charge on any atom is 1.00 e. The van der Waals surface area contributed by atoms with E-state index in [1.165, 1.54) is 25.3 Å². The van der Waals surface area contributed by atoms with Gasteiger partial charge in [0.25, 0.3) is 5.91 Å². The standard InChI is InChI=1S/C15H23N3O4S.Na.H/c1-3-18-8-4-5-11(18)10-17-15(19)13-9-12(23(16,20)21)6-7-14(13)22-2;;/h6-7,9,11H,3-5,8,10H2,1-2H3,(H,17,19)(H2,16,20,21);;/q;+1;-1. The van der Waals surface area contributed by atoms with Crippen molar-refractivity contribution in [3.63, 3.8) is 0 Å². The van der Waals surface area contributed by atoms with Gasteiger partial charge >= 0.3 is 29.6 Å². The van der Waals surface area contributed by atoms with Crippen molar-refractivity contribution in [2.24, 2.45) is 5.14 Å². The fourth-order valence-electron chi connectivity index (χ4n) is 2.89. The van der Waals surface area contributed by atoms with Crippen LogP contribution in [0, 0.1) is 0 Å². The number of likely N-dealkylation sites (tertiary alicyclic amines) is 1. The van der Waals surface area contributed by atoms with Gasteiger partial charge in [-0.05, 0) is 44.1 Å². The molecule has 0 bridgehead atoms. The average molecular weight is 365 g/mol. The van der Waals surface area contributed by atoms with Gasteiger partial charge in [-0.3, -0.25) is 9.69 Å². The fraction of sp³-hybridized carbons (Fsp3) is 0.533. The number of benzene rings is 1. The Morgan fingerprint density at radius 3 is 2.79 bits per heavy atom. The van der Waals surface area contributed by atoms with Crippen molar-refractivity contribution in [2.75, 3.05) is 26.7 Å². The van der Waals surface area contributed by atoms with E-state index in [4.69, 9.17) is 9.88 Å². The predicted molar refractivity (Wildman–Crippen MR) is 88.1 cm³/mol. The number of hydrogen-bond acceptors (Lipinski definition) is 5. The topological polar surface area (TPSA) is 102 Å². The van der Waals surface area contributed by atoms with Crippen LogP contribution in [0.3, 0.4) is 0 Å². The number of hydrogen-bond donors (Lipinski definition) is 2. The summed E-state index contributed by atoms with van der Waals surface area (Å²) in [7, 11) is -2.44. The van der Waals surface area contributed by atoms with Gasteiger partial charge in [-0.25, -0.2) is 13.6 Å². The van der Waals surface area contributed by atoms with Crippen molar-refractivity contribution in [3.8, 4) is 5.75 Å². The Morgan fingerprint density at radius 1 is 1.50 bits per heavy atom. The first-order chi connectivity index (χ1) is 10.9. The molecular formula is C15H24N3NaO4S. The number of methoxy groups -OCH3 is 1. The summed E-state index contributed by atoms with van der Waals surface area (Å²) in [5, 5.41) is 7.98. The third kappa shape index (κ3) is 5.18. The molecule has 3 N–H and O–H groups in total. The smallest absolute Gasteiger partial charge is 1.00 e.